The lowest BCUT2D eigenvalue weighted by atomic mass is 9.92. The second-order valence-electron chi connectivity index (χ2n) is 4.69. The lowest BCUT2D eigenvalue weighted by Crippen LogP contribution is -2.17. The van der Waals surface area contributed by atoms with Crippen molar-refractivity contribution in [3.63, 3.8) is 0 Å². The topological polar surface area (TPSA) is 45.9 Å². The summed E-state index contributed by atoms with van der Waals surface area (Å²) >= 11 is 6.08. The second-order valence-corrected chi connectivity index (χ2v) is 5.05. The molecule has 0 saturated heterocycles. The van der Waals surface area contributed by atoms with Crippen LogP contribution >= 0.6 is 11.6 Å². The van der Waals surface area contributed by atoms with Crippen molar-refractivity contribution in [1.82, 2.24) is 4.98 Å². The molecule has 1 aliphatic rings. The summed E-state index contributed by atoms with van der Waals surface area (Å²) in [5.41, 5.74) is 3.61. The van der Waals surface area contributed by atoms with Crippen molar-refractivity contribution >= 4 is 11.6 Å². The van der Waals surface area contributed by atoms with E-state index >= 15 is 0 Å². The number of halogens is 1. The first kappa shape index (κ1) is 12.3. The summed E-state index contributed by atoms with van der Waals surface area (Å²) in [6, 6.07) is 2.17. The standard InChI is InChI=1S/C13H15ClN2O/c1-8(2)5-9-10(6-15)13(14)16-12-3-4-17-7-11(9)12/h8H,3-5,7H2,1-2H3. The number of nitriles is 1. The summed E-state index contributed by atoms with van der Waals surface area (Å²) < 4.78 is 5.47. The molecule has 0 radical (unpaired) electrons. The van der Waals surface area contributed by atoms with Crippen LogP contribution in [0.4, 0.5) is 0 Å². The van der Waals surface area contributed by atoms with Crippen molar-refractivity contribution in [1.29, 1.82) is 5.26 Å². The molecular weight excluding hydrogens is 236 g/mol. The molecule has 90 valence electrons. The van der Waals surface area contributed by atoms with E-state index in [1.165, 1.54) is 0 Å². The van der Waals surface area contributed by atoms with Crippen molar-refractivity contribution in [3.05, 3.63) is 27.5 Å². The predicted octanol–water partition coefficient (Wildman–Crippen LogP) is 2.88. The normalized spacial score (nSPS) is 14.5. The Morgan fingerprint density at radius 2 is 2.29 bits per heavy atom. The minimum absolute atomic E-state index is 0.337. The first-order valence-corrected chi connectivity index (χ1v) is 6.19. The maximum Gasteiger partial charge on any atom is 0.147 e. The number of pyridine rings is 1. The Balaban J connectivity index is 2.58. The first-order valence-electron chi connectivity index (χ1n) is 5.81. The van der Waals surface area contributed by atoms with Crippen LogP contribution in [0.25, 0.3) is 0 Å². The Bertz CT molecular complexity index is 477. The minimum atomic E-state index is 0.337. The number of aromatic nitrogens is 1. The molecule has 0 bridgehead atoms. The smallest absolute Gasteiger partial charge is 0.147 e. The summed E-state index contributed by atoms with van der Waals surface area (Å²) in [6.45, 7) is 5.50. The minimum Gasteiger partial charge on any atom is -0.376 e. The van der Waals surface area contributed by atoms with Gasteiger partial charge < -0.3 is 4.74 Å². The quantitative estimate of drug-likeness (QED) is 0.759. The SMILES string of the molecule is CC(C)Cc1c(C#N)c(Cl)nc2c1COCC2. The Kier molecular flexibility index (Phi) is 3.66. The van der Waals surface area contributed by atoms with Crippen molar-refractivity contribution in [2.24, 2.45) is 5.92 Å². The van der Waals surface area contributed by atoms with Crippen LogP contribution in [0, 0.1) is 17.2 Å². The van der Waals surface area contributed by atoms with Gasteiger partial charge in [-0.15, -0.1) is 0 Å². The van der Waals surface area contributed by atoms with Gasteiger partial charge in [0, 0.05) is 12.0 Å². The van der Waals surface area contributed by atoms with E-state index < -0.39 is 0 Å². The lowest BCUT2D eigenvalue weighted by Gasteiger charge is -2.21. The highest BCUT2D eigenvalue weighted by Gasteiger charge is 2.21. The third-order valence-corrected chi connectivity index (χ3v) is 3.18. The average Bonchev–Trinajstić information content (AvgIpc) is 2.28. The van der Waals surface area contributed by atoms with E-state index in [1.54, 1.807) is 0 Å². The van der Waals surface area contributed by atoms with Crippen LogP contribution in [0.5, 0.6) is 0 Å². The van der Waals surface area contributed by atoms with Crippen molar-refractivity contribution in [2.45, 2.75) is 33.3 Å². The van der Waals surface area contributed by atoms with Crippen molar-refractivity contribution in [3.8, 4) is 6.07 Å². The van der Waals surface area contributed by atoms with Gasteiger partial charge in [0.15, 0.2) is 0 Å². The van der Waals surface area contributed by atoms with Crippen LogP contribution in [0.2, 0.25) is 5.15 Å². The van der Waals surface area contributed by atoms with Crippen LogP contribution in [0.1, 0.15) is 36.2 Å². The molecule has 0 N–H and O–H groups in total. The summed E-state index contributed by atoms with van der Waals surface area (Å²) in [5, 5.41) is 9.54. The Morgan fingerprint density at radius 1 is 1.53 bits per heavy atom. The molecule has 0 amide bonds. The van der Waals surface area contributed by atoms with E-state index in [2.05, 4.69) is 24.9 Å². The first-order chi connectivity index (χ1) is 8.13. The molecule has 1 aliphatic heterocycles. The number of fused-ring (bicyclic) bond motifs is 1. The zero-order chi connectivity index (χ0) is 12.4. The molecular formula is C13H15ClN2O. The van der Waals surface area contributed by atoms with Gasteiger partial charge in [-0.05, 0) is 17.9 Å². The highest BCUT2D eigenvalue weighted by molar-refractivity contribution is 6.30. The van der Waals surface area contributed by atoms with Gasteiger partial charge in [0.25, 0.3) is 0 Å². The fourth-order valence-electron chi connectivity index (χ4n) is 2.16. The third-order valence-electron chi connectivity index (χ3n) is 2.91. The Labute approximate surface area is 106 Å². The molecule has 2 heterocycles. The van der Waals surface area contributed by atoms with Gasteiger partial charge in [-0.3, -0.25) is 0 Å². The van der Waals surface area contributed by atoms with Gasteiger partial charge in [-0.25, -0.2) is 4.98 Å². The molecule has 0 aromatic carbocycles. The lowest BCUT2D eigenvalue weighted by molar-refractivity contribution is 0.108. The molecule has 0 saturated carbocycles. The number of hydrogen-bond donors (Lipinski definition) is 0. The van der Waals surface area contributed by atoms with Crippen molar-refractivity contribution < 1.29 is 4.74 Å². The predicted molar refractivity (Wildman–Crippen MR) is 65.9 cm³/mol. The van der Waals surface area contributed by atoms with Crippen LogP contribution in [0.15, 0.2) is 0 Å². The number of hydrogen-bond acceptors (Lipinski definition) is 3. The number of nitrogens with zero attached hydrogens (tertiary/aromatic N) is 2. The summed E-state index contributed by atoms with van der Waals surface area (Å²) in [7, 11) is 0. The monoisotopic (exact) mass is 250 g/mol. The highest BCUT2D eigenvalue weighted by Crippen LogP contribution is 2.29. The number of ether oxygens (including phenoxy) is 1. The molecule has 17 heavy (non-hydrogen) atoms. The van der Waals surface area contributed by atoms with Crippen LogP contribution in [0.3, 0.4) is 0 Å². The van der Waals surface area contributed by atoms with Crippen LogP contribution in [-0.2, 0) is 24.2 Å². The highest BCUT2D eigenvalue weighted by atomic mass is 35.5. The fraction of sp³-hybridized carbons (Fsp3) is 0.538. The maximum absolute atomic E-state index is 9.20. The number of rotatable bonds is 2. The van der Waals surface area contributed by atoms with E-state index in [0.29, 0.717) is 29.8 Å². The van der Waals surface area contributed by atoms with Gasteiger partial charge in [-0.2, -0.15) is 5.26 Å². The molecule has 0 aliphatic carbocycles. The van der Waals surface area contributed by atoms with Gasteiger partial charge in [0.05, 0.1) is 24.5 Å². The fourth-order valence-corrected chi connectivity index (χ4v) is 2.42. The Morgan fingerprint density at radius 3 is 2.94 bits per heavy atom. The maximum atomic E-state index is 9.20. The molecule has 2 rings (SSSR count). The molecule has 0 fully saturated rings. The van der Waals surface area contributed by atoms with E-state index in [1.807, 2.05) is 0 Å². The zero-order valence-corrected chi connectivity index (χ0v) is 10.8. The van der Waals surface area contributed by atoms with Crippen LogP contribution < -0.4 is 0 Å². The van der Waals surface area contributed by atoms with E-state index in [4.69, 9.17) is 16.3 Å². The largest absolute Gasteiger partial charge is 0.376 e. The van der Waals surface area contributed by atoms with E-state index in [9.17, 15) is 5.26 Å². The summed E-state index contributed by atoms with van der Waals surface area (Å²) in [4.78, 5) is 4.32. The molecule has 0 unspecified atom stereocenters. The van der Waals surface area contributed by atoms with Gasteiger partial charge in [0.2, 0.25) is 0 Å². The molecule has 4 heteroatoms. The summed E-state index contributed by atoms with van der Waals surface area (Å²) in [6.07, 6.45) is 1.63. The molecule has 0 spiro atoms. The van der Waals surface area contributed by atoms with E-state index in [0.717, 1.165) is 29.7 Å². The third kappa shape index (κ3) is 2.43. The molecule has 1 aromatic heterocycles. The van der Waals surface area contributed by atoms with Gasteiger partial charge in [0.1, 0.15) is 11.2 Å². The second kappa shape index (κ2) is 5.03. The molecule has 3 nitrogen and oxygen atoms in total. The summed E-state index contributed by atoms with van der Waals surface area (Å²) in [5.74, 6) is 0.478. The van der Waals surface area contributed by atoms with Gasteiger partial charge >= 0.3 is 0 Å². The Hall–Kier alpha value is -1.11. The van der Waals surface area contributed by atoms with Crippen LogP contribution in [-0.4, -0.2) is 11.6 Å². The van der Waals surface area contributed by atoms with Gasteiger partial charge in [-0.1, -0.05) is 25.4 Å². The zero-order valence-electron chi connectivity index (χ0n) is 10.1. The van der Waals surface area contributed by atoms with E-state index in [-0.39, 0.29) is 0 Å². The van der Waals surface area contributed by atoms with Crippen molar-refractivity contribution in [2.75, 3.05) is 6.61 Å². The molecule has 0 atom stereocenters. The average molecular weight is 251 g/mol. The molecule has 1 aromatic rings.